The lowest BCUT2D eigenvalue weighted by Crippen LogP contribution is -2.21. The molecule has 18 heavy (non-hydrogen) atoms. The predicted octanol–water partition coefficient (Wildman–Crippen LogP) is 1.62. The van der Waals surface area contributed by atoms with Crippen molar-refractivity contribution in [3.63, 3.8) is 0 Å². The van der Waals surface area contributed by atoms with E-state index in [9.17, 15) is 9.90 Å². The first-order valence-corrected chi connectivity index (χ1v) is 6.04. The number of aromatic nitrogens is 1. The molecule has 4 heteroatoms. The molecule has 3 rings (SSSR count). The van der Waals surface area contributed by atoms with Crippen molar-refractivity contribution in [1.82, 2.24) is 10.3 Å². The van der Waals surface area contributed by atoms with E-state index in [0.717, 1.165) is 16.5 Å². The fraction of sp³-hybridized carbons (Fsp3) is 0.286. The zero-order valence-electron chi connectivity index (χ0n) is 9.84. The molecule has 1 fully saturated rings. The zero-order valence-corrected chi connectivity index (χ0v) is 9.84. The van der Waals surface area contributed by atoms with Gasteiger partial charge in [0.2, 0.25) is 0 Å². The molecule has 2 aromatic rings. The molecule has 0 radical (unpaired) electrons. The Hall–Kier alpha value is -1.94. The number of hydrogen-bond donors (Lipinski definition) is 2. The van der Waals surface area contributed by atoms with Crippen LogP contribution < -0.4 is 5.32 Å². The summed E-state index contributed by atoms with van der Waals surface area (Å²) in [6.07, 6.45) is 1.80. The minimum absolute atomic E-state index is 0.0135. The number of nitrogens with zero attached hydrogens (tertiary/aromatic N) is 1. The number of pyridine rings is 1. The maximum atomic E-state index is 11.2. The third kappa shape index (κ3) is 1.84. The first-order chi connectivity index (χ1) is 8.75. The van der Waals surface area contributed by atoms with Crippen LogP contribution in [-0.2, 0) is 4.79 Å². The number of benzene rings is 1. The maximum absolute atomic E-state index is 11.2. The average molecular weight is 242 g/mol. The van der Waals surface area contributed by atoms with Crippen LogP contribution in [0.3, 0.4) is 0 Å². The number of para-hydroxylation sites is 1. The van der Waals surface area contributed by atoms with Crippen molar-refractivity contribution < 1.29 is 9.90 Å². The van der Waals surface area contributed by atoms with Crippen molar-refractivity contribution in [3.8, 4) is 0 Å². The Balaban J connectivity index is 2.01. The fourth-order valence-corrected chi connectivity index (χ4v) is 2.58. The second kappa shape index (κ2) is 4.38. The molecule has 0 amide bonds. The summed E-state index contributed by atoms with van der Waals surface area (Å²) in [6, 6.07) is 9.93. The topological polar surface area (TPSA) is 62.2 Å². The van der Waals surface area contributed by atoms with E-state index in [-0.39, 0.29) is 11.8 Å². The van der Waals surface area contributed by atoms with Gasteiger partial charge in [-0.05, 0) is 17.7 Å². The quantitative estimate of drug-likeness (QED) is 0.840. The van der Waals surface area contributed by atoms with E-state index in [0.29, 0.717) is 13.1 Å². The van der Waals surface area contributed by atoms with Crippen molar-refractivity contribution >= 4 is 16.9 Å². The highest BCUT2D eigenvalue weighted by Gasteiger charge is 2.34. The summed E-state index contributed by atoms with van der Waals surface area (Å²) in [7, 11) is 0. The number of carbonyl (C=O) groups is 1. The number of fused-ring (bicyclic) bond motifs is 1. The second-order valence-electron chi connectivity index (χ2n) is 4.67. The van der Waals surface area contributed by atoms with E-state index in [4.69, 9.17) is 0 Å². The monoisotopic (exact) mass is 242 g/mol. The van der Waals surface area contributed by atoms with Gasteiger partial charge in [0.25, 0.3) is 0 Å². The van der Waals surface area contributed by atoms with Crippen molar-refractivity contribution in [2.75, 3.05) is 13.1 Å². The summed E-state index contributed by atoms with van der Waals surface area (Å²) in [5.74, 6) is -1.08. The Morgan fingerprint density at radius 3 is 3.00 bits per heavy atom. The number of aliphatic carboxylic acids is 1. The zero-order chi connectivity index (χ0) is 12.5. The Morgan fingerprint density at radius 1 is 1.33 bits per heavy atom. The summed E-state index contributed by atoms with van der Waals surface area (Å²) >= 11 is 0. The summed E-state index contributed by atoms with van der Waals surface area (Å²) in [6.45, 7) is 1.24. The van der Waals surface area contributed by atoms with Gasteiger partial charge in [-0.1, -0.05) is 18.2 Å². The van der Waals surface area contributed by atoms with E-state index < -0.39 is 5.97 Å². The first-order valence-electron chi connectivity index (χ1n) is 6.04. The molecule has 2 unspecified atom stereocenters. The second-order valence-corrected chi connectivity index (χ2v) is 4.67. The van der Waals surface area contributed by atoms with Gasteiger partial charge in [-0.15, -0.1) is 0 Å². The lowest BCUT2D eigenvalue weighted by molar-refractivity contribution is -0.141. The molecule has 2 atom stereocenters. The molecule has 0 spiro atoms. The third-order valence-electron chi connectivity index (χ3n) is 3.57. The number of hydrogen-bond acceptors (Lipinski definition) is 3. The van der Waals surface area contributed by atoms with Gasteiger partial charge in [0, 0.05) is 30.6 Å². The van der Waals surface area contributed by atoms with Gasteiger partial charge in [0.15, 0.2) is 0 Å². The van der Waals surface area contributed by atoms with Crippen molar-refractivity contribution in [2.24, 2.45) is 5.92 Å². The number of carboxylic acids is 1. The highest BCUT2D eigenvalue weighted by atomic mass is 16.4. The lowest BCUT2D eigenvalue weighted by atomic mass is 9.89. The van der Waals surface area contributed by atoms with Crippen LogP contribution in [0.4, 0.5) is 0 Å². The molecule has 92 valence electrons. The van der Waals surface area contributed by atoms with Gasteiger partial charge in [0.1, 0.15) is 0 Å². The van der Waals surface area contributed by atoms with Crippen LogP contribution in [0.25, 0.3) is 10.9 Å². The van der Waals surface area contributed by atoms with Gasteiger partial charge >= 0.3 is 5.97 Å². The van der Waals surface area contributed by atoms with Crippen LogP contribution in [0.5, 0.6) is 0 Å². The molecular formula is C14H14N2O2. The van der Waals surface area contributed by atoms with E-state index in [1.807, 2.05) is 24.3 Å². The van der Waals surface area contributed by atoms with Gasteiger partial charge < -0.3 is 10.4 Å². The van der Waals surface area contributed by atoms with Gasteiger partial charge in [0.05, 0.1) is 11.4 Å². The molecule has 1 saturated heterocycles. The molecule has 2 N–H and O–H groups in total. The Morgan fingerprint density at radius 2 is 2.17 bits per heavy atom. The molecule has 4 nitrogen and oxygen atoms in total. The number of carboxylic acid groups (broad SMARTS) is 1. The first kappa shape index (κ1) is 11.2. The third-order valence-corrected chi connectivity index (χ3v) is 3.57. The number of nitrogens with one attached hydrogen (secondary N) is 1. The summed E-state index contributed by atoms with van der Waals surface area (Å²) in [5, 5.41) is 13.4. The highest BCUT2D eigenvalue weighted by Crippen LogP contribution is 2.29. The Kier molecular flexibility index (Phi) is 2.72. The normalized spacial score (nSPS) is 23.3. The molecule has 1 aliphatic rings. The van der Waals surface area contributed by atoms with Gasteiger partial charge in [-0.2, -0.15) is 0 Å². The van der Waals surface area contributed by atoms with Gasteiger partial charge in [-0.3, -0.25) is 9.78 Å². The van der Waals surface area contributed by atoms with Crippen LogP contribution in [0, 0.1) is 5.92 Å². The summed E-state index contributed by atoms with van der Waals surface area (Å²) in [4.78, 5) is 15.6. The van der Waals surface area contributed by atoms with Crippen LogP contribution >= 0.6 is 0 Å². The van der Waals surface area contributed by atoms with Crippen LogP contribution in [0.1, 0.15) is 11.5 Å². The van der Waals surface area contributed by atoms with Gasteiger partial charge in [-0.25, -0.2) is 0 Å². The van der Waals surface area contributed by atoms with Crippen molar-refractivity contribution in [1.29, 1.82) is 0 Å². The number of rotatable bonds is 2. The molecule has 0 bridgehead atoms. The highest BCUT2D eigenvalue weighted by molar-refractivity contribution is 5.79. The lowest BCUT2D eigenvalue weighted by Gasteiger charge is -2.15. The molecule has 1 aromatic heterocycles. The van der Waals surface area contributed by atoms with Crippen LogP contribution in [0.15, 0.2) is 36.5 Å². The van der Waals surface area contributed by atoms with Crippen molar-refractivity contribution in [3.05, 3.63) is 42.1 Å². The smallest absolute Gasteiger partial charge is 0.308 e. The SMILES string of the molecule is O=C(O)C1CNCC1c1cnc2ccccc2c1. The minimum Gasteiger partial charge on any atom is -0.481 e. The minimum atomic E-state index is -0.738. The van der Waals surface area contributed by atoms with E-state index >= 15 is 0 Å². The molecule has 2 heterocycles. The standard InChI is InChI=1S/C14H14N2O2/c17-14(18)12-8-15-7-11(12)10-5-9-3-1-2-4-13(9)16-6-10/h1-6,11-12,15H,7-8H2,(H,17,18). The molecular weight excluding hydrogens is 228 g/mol. The Labute approximate surface area is 105 Å². The molecule has 0 saturated carbocycles. The predicted molar refractivity (Wildman–Crippen MR) is 68.5 cm³/mol. The van der Waals surface area contributed by atoms with E-state index in [2.05, 4.69) is 16.4 Å². The molecule has 0 aliphatic carbocycles. The van der Waals surface area contributed by atoms with Crippen LogP contribution in [0.2, 0.25) is 0 Å². The maximum Gasteiger partial charge on any atom is 0.308 e. The molecule has 1 aromatic carbocycles. The van der Waals surface area contributed by atoms with Crippen molar-refractivity contribution in [2.45, 2.75) is 5.92 Å². The van der Waals surface area contributed by atoms with Crippen LogP contribution in [-0.4, -0.2) is 29.1 Å². The average Bonchev–Trinajstić information content (AvgIpc) is 2.87. The summed E-state index contributed by atoms with van der Waals surface area (Å²) in [5.41, 5.74) is 1.95. The van der Waals surface area contributed by atoms with E-state index in [1.165, 1.54) is 0 Å². The largest absolute Gasteiger partial charge is 0.481 e. The fourth-order valence-electron chi connectivity index (χ4n) is 2.58. The summed E-state index contributed by atoms with van der Waals surface area (Å²) < 4.78 is 0. The Bertz CT molecular complexity index is 597. The van der Waals surface area contributed by atoms with E-state index in [1.54, 1.807) is 6.20 Å². The molecule has 1 aliphatic heterocycles.